The molecule has 0 fully saturated rings. The van der Waals surface area contributed by atoms with Gasteiger partial charge < -0.3 is 0 Å². The first-order valence-corrected chi connectivity index (χ1v) is 13.8. The van der Waals surface area contributed by atoms with Crippen LogP contribution in [0.1, 0.15) is 72.5 Å². The molecule has 0 bridgehead atoms. The van der Waals surface area contributed by atoms with E-state index < -0.39 is 57.0 Å². The fraction of sp³-hybridized carbons (Fsp3) is 0.0385. The van der Waals surface area contributed by atoms with E-state index >= 15 is 0 Å². The van der Waals surface area contributed by atoms with Crippen LogP contribution < -0.4 is 30.7 Å². The summed E-state index contributed by atoms with van der Waals surface area (Å²) in [6.45, 7) is 0. The Balaban J connectivity index is 1.38. The van der Waals surface area contributed by atoms with Gasteiger partial charge in [0.05, 0.1) is 0 Å². The first-order chi connectivity index (χ1) is 18.2. The van der Waals surface area contributed by atoms with Gasteiger partial charge in [0.1, 0.15) is 0 Å². The Morgan fingerprint density at radius 3 is 1.66 bits per heavy atom. The summed E-state index contributed by atoms with van der Waals surface area (Å²) in [5.41, 5.74) is -0.174. The number of carbonyl (C=O) groups is 7. The van der Waals surface area contributed by atoms with Crippen molar-refractivity contribution in [2.45, 2.75) is 0 Å². The minimum atomic E-state index is -0.992. The number of halogens is 1. The monoisotopic (exact) mass is 627 g/mol. The zero-order valence-corrected chi connectivity index (χ0v) is 21.2. The van der Waals surface area contributed by atoms with Crippen LogP contribution >= 0.6 is 0 Å². The van der Waals surface area contributed by atoms with Crippen LogP contribution in [0.5, 0.6) is 11.5 Å². The minimum absolute atomic E-state index is 0.00201. The Kier molecular flexibility index (Phi) is 6.32. The van der Waals surface area contributed by atoms with Gasteiger partial charge in [0.15, 0.2) is 0 Å². The van der Waals surface area contributed by atoms with Gasteiger partial charge in [-0.3, -0.25) is 0 Å². The molecule has 5 rings (SSSR count). The molecule has 0 radical (unpaired) electrons. The molecule has 0 aromatic heterocycles. The van der Waals surface area contributed by atoms with Crippen molar-refractivity contribution in [1.29, 1.82) is 0 Å². The molecule has 3 aromatic rings. The molecule has 3 aromatic carbocycles. The molecular weight excluding hydrogens is 615 g/mol. The molecule has 11 nitrogen and oxygen atoms in total. The molecule has 0 saturated heterocycles. The third kappa shape index (κ3) is 4.45. The summed E-state index contributed by atoms with van der Waals surface area (Å²) in [4.78, 5) is 86.5. The molecular formula is C26H12IO11-. The maximum absolute atomic E-state index is 12.7. The van der Waals surface area contributed by atoms with Gasteiger partial charge in [0, 0.05) is 0 Å². The standard InChI is InChI=1S/C26H12IO11/c1-27-20(28)18-10-13(35-21(29)11-2-5-14-16(8-11)25(33)37-23(14)31)4-7-19(18)36-22(30)12-3-6-15-17(9-12)26(34)38-24(15)32/h2-10H,1H3/q-1. The first kappa shape index (κ1) is 25.0. The van der Waals surface area contributed by atoms with Crippen LogP contribution in [0.3, 0.4) is 0 Å². The normalized spacial score (nSPS) is 13.5. The third-order valence-electron chi connectivity index (χ3n) is 5.51. The number of cyclic esters (lactones) is 4. The molecule has 12 heteroatoms. The number of esters is 6. The van der Waals surface area contributed by atoms with Crippen molar-refractivity contribution in [3.8, 4) is 11.5 Å². The third-order valence-corrected chi connectivity index (χ3v) is 7.07. The van der Waals surface area contributed by atoms with E-state index in [2.05, 4.69) is 9.47 Å². The Morgan fingerprint density at radius 1 is 0.632 bits per heavy atom. The van der Waals surface area contributed by atoms with E-state index in [1.54, 1.807) is 4.93 Å². The van der Waals surface area contributed by atoms with E-state index in [0.717, 1.165) is 6.07 Å². The van der Waals surface area contributed by atoms with Gasteiger partial charge >= 0.3 is 223 Å². The Morgan fingerprint density at radius 2 is 1.13 bits per heavy atom. The average Bonchev–Trinajstić information content (AvgIpc) is 3.36. The fourth-order valence-electron chi connectivity index (χ4n) is 3.67. The second-order valence-corrected chi connectivity index (χ2v) is 9.83. The molecule has 0 unspecified atom stereocenters. The molecule has 190 valence electrons. The van der Waals surface area contributed by atoms with Crippen molar-refractivity contribution < 1.29 is 73.7 Å². The quantitative estimate of drug-likeness (QED) is 0.0876. The number of hydrogen-bond donors (Lipinski definition) is 0. The van der Waals surface area contributed by atoms with Gasteiger partial charge in [0.25, 0.3) is 0 Å². The van der Waals surface area contributed by atoms with Crippen LogP contribution in [0.4, 0.5) is 0 Å². The SMILES string of the molecule is C[I-]C(=O)c1cc(OC(=O)c2ccc3c(c2)C(=O)OC3=O)ccc1OC(=O)c1ccc2c(c1)C(=O)OC2=O. The summed E-state index contributed by atoms with van der Waals surface area (Å²) in [5, 5.41) is 0. The fourth-order valence-corrected chi connectivity index (χ4v) is 4.67. The molecule has 2 heterocycles. The molecule has 0 amide bonds. The van der Waals surface area contributed by atoms with Crippen LogP contribution in [0, 0.1) is 0 Å². The van der Waals surface area contributed by atoms with Crippen molar-refractivity contribution in [2.75, 3.05) is 4.93 Å². The van der Waals surface area contributed by atoms with E-state index in [0.29, 0.717) is 0 Å². The number of benzene rings is 3. The second-order valence-electron chi connectivity index (χ2n) is 7.77. The zero-order valence-electron chi connectivity index (χ0n) is 19.1. The van der Waals surface area contributed by atoms with Crippen LogP contribution in [-0.2, 0) is 9.47 Å². The summed E-state index contributed by atoms with van der Waals surface area (Å²) < 4.78 is 19.4. The Bertz CT molecular complexity index is 1640. The van der Waals surface area contributed by atoms with Gasteiger partial charge in [-0.25, -0.2) is 0 Å². The van der Waals surface area contributed by atoms with Crippen molar-refractivity contribution in [3.05, 3.63) is 93.5 Å². The van der Waals surface area contributed by atoms with E-state index in [-0.39, 0.29) is 54.2 Å². The van der Waals surface area contributed by atoms with Gasteiger partial charge in [-0.1, -0.05) is 0 Å². The molecule has 0 spiro atoms. The number of ether oxygens (including phenoxy) is 4. The van der Waals surface area contributed by atoms with Gasteiger partial charge in [0.2, 0.25) is 0 Å². The zero-order chi connectivity index (χ0) is 27.1. The average molecular weight is 627 g/mol. The summed E-state index contributed by atoms with van der Waals surface area (Å²) in [6, 6.07) is 11.3. The predicted molar refractivity (Wildman–Crippen MR) is 119 cm³/mol. The summed E-state index contributed by atoms with van der Waals surface area (Å²) in [7, 11) is 0. The Hall–Kier alpha value is -4.72. The van der Waals surface area contributed by atoms with Crippen molar-refractivity contribution >= 4 is 39.6 Å². The second kappa shape index (κ2) is 9.63. The predicted octanol–water partition coefficient (Wildman–Crippen LogP) is -0.395. The van der Waals surface area contributed by atoms with Crippen LogP contribution in [0.25, 0.3) is 0 Å². The topological polar surface area (TPSA) is 156 Å². The van der Waals surface area contributed by atoms with Gasteiger partial charge in [-0.15, -0.1) is 0 Å². The Labute approximate surface area is 222 Å². The van der Waals surface area contributed by atoms with Crippen LogP contribution in [-0.4, -0.2) is 44.5 Å². The van der Waals surface area contributed by atoms with Crippen LogP contribution in [0.2, 0.25) is 0 Å². The summed E-state index contributed by atoms with van der Waals surface area (Å²) >= 11 is -0.992. The number of rotatable bonds is 6. The molecule has 0 N–H and O–H groups in total. The van der Waals surface area contributed by atoms with Crippen LogP contribution in [0.15, 0.2) is 54.6 Å². The van der Waals surface area contributed by atoms with Gasteiger partial charge in [-0.05, 0) is 0 Å². The van der Waals surface area contributed by atoms with E-state index in [9.17, 15) is 33.6 Å². The first-order valence-electron chi connectivity index (χ1n) is 10.6. The van der Waals surface area contributed by atoms with Gasteiger partial charge in [-0.2, -0.15) is 0 Å². The maximum atomic E-state index is 12.7. The molecule has 0 aliphatic carbocycles. The molecule has 2 aliphatic heterocycles. The molecule has 0 atom stereocenters. The summed E-state index contributed by atoms with van der Waals surface area (Å²) in [5.74, 6) is -5.28. The van der Waals surface area contributed by atoms with E-state index in [1.165, 1.54) is 48.5 Å². The van der Waals surface area contributed by atoms with E-state index in [1.807, 2.05) is 0 Å². The number of alkyl halides is 1. The molecule has 38 heavy (non-hydrogen) atoms. The molecule has 0 saturated carbocycles. The molecule has 2 aliphatic rings. The summed E-state index contributed by atoms with van der Waals surface area (Å²) in [6.07, 6.45) is 0. The van der Waals surface area contributed by atoms with Crippen molar-refractivity contribution in [2.24, 2.45) is 0 Å². The number of carbonyl (C=O) groups excluding carboxylic acids is 7. The number of hydrogen-bond acceptors (Lipinski definition) is 11. The van der Waals surface area contributed by atoms with Crippen molar-refractivity contribution in [1.82, 2.24) is 0 Å². The number of fused-ring (bicyclic) bond motifs is 2. The van der Waals surface area contributed by atoms with Crippen molar-refractivity contribution in [3.63, 3.8) is 0 Å². The van der Waals surface area contributed by atoms with E-state index in [4.69, 9.17) is 9.47 Å².